The number of rotatable bonds is 4. The Morgan fingerprint density at radius 3 is 1.63 bits per heavy atom. The number of hydrogen-bond acceptors (Lipinski definition) is 2. The van der Waals surface area contributed by atoms with Gasteiger partial charge in [0.1, 0.15) is 0 Å². The van der Waals surface area contributed by atoms with Crippen molar-refractivity contribution in [3.8, 4) is 0 Å². The molecule has 2 atom stereocenters. The van der Waals surface area contributed by atoms with Crippen LogP contribution in [0.2, 0.25) is 0 Å². The van der Waals surface area contributed by atoms with Gasteiger partial charge in [-0.05, 0) is 12.5 Å². The molecular weight excluding hydrogens is 452 g/mol. The van der Waals surface area contributed by atoms with Crippen molar-refractivity contribution in [3.05, 3.63) is 35.9 Å². The summed E-state index contributed by atoms with van der Waals surface area (Å²) in [7, 11) is 0. The van der Waals surface area contributed by atoms with Crippen LogP contribution in [0.1, 0.15) is 18.5 Å². The summed E-state index contributed by atoms with van der Waals surface area (Å²) in [6, 6.07) is -9.66. The SMILES string of the molecule is C[C@@H](NC(=O)[C@@](F)(N1C(F)(F)C(F)(F)C(F)(F)C1(F)F)C(F)(F)F)c1ccccc1. The minimum absolute atomic E-state index is 0.0778. The van der Waals surface area contributed by atoms with Gasteiger partial charge in [0.15, 0.2) is 0 Å². The van der Waals surface area contributed by atoms with Crippen molar-refractivity contribution in [2.24, 2.45) is 0 Å². The topological polar surface area (TPSA) is 32.3 Å². The zero-order valence-corrected chi connectivity index (χ0v) is 14.4. The van der Waals surface area contributed by atoms with Gasteiger partial charge in [-0.15, -0.1) is 4.90 Å². The third-order valence-corrected chi connectivity index (χ3v) is 4.34. The lowest BCUT2D eigenvalue weighted by atomic mass is 10.1. The van der Waals surface area contributed by atoms with Crippen LogP contribution in [-0.2, 0) is 4.79 Å². The van der Waals surface area contributed by atoms with Crippen molar-refractivity contribution in [1.29, 1.82) is 0 Å². The number of carbonyl (C=O) groups excluding carboxylic acids is 1. The molecule has 1 saturated heterocycles. The summed E-state index contributed by atoms with van der Waals surface area (Å²) < 4.78 is 162. The lowest BCUT2D eigenvalue weighted by Gasteiger charge is -2.40. The molecule has 0 unspecified atom stereocenters. The maximum atomic E-state index is 14.7. The molecule has 2 rings (SSSR count). The van der Waals surface area contributed by atoms with Crippen molar-refractivity contribution in [2.75, 3.05) is 0 Å². The van der Waals surface area contributed by atoms with Gasteiger partial charge in [0, 0.05) is 0 Å². The Hall–Kier alpha value is -2.19. The fourth-order valence-electron chi connectivity index (χ4n) is 2.70. The number of likely N-dealkylation sites (tertiary alicyclic amines) is 1. The summed E-state index contributed by atoms with van der Waals surface area (Å²) in [5, 5.41) is 1.12. The van der Waals surface area contributed by atoms with Gasteiger partial charge in [0.25, 0.3) is 5.91 Å². The molecule has 1 heterocycles. The van der Waals surface area contributed by atoms with Crippen LogP contribution >= 0.6 is 0 Å². The minimum Gasteiger partial charge on any atom is -0.345 e. The molecule has 1 fully saturated rings. The van der Waals surface area contributed by atoms with Crippen molar-refractivity contribution in [3.63, 3.8) is 0 Å². The van der Waals surface area contributed by atoms with Gasteiger partial charge >= 0.3 is 35.9 Å². The summed E-state index contributed by atoms with van der Waals surface area (Å²) in [6.45, 7) is 0.869. The third-order valence-electron chi connectivity index (χ3n) is 4.34. The zero-order chi connectivity index (χ0) is 23.6. The first-order valence-corrected chi connectivity index (χ1v) is 7.71. The fourth-order valence-corrected chi connectivity index (χ4v) is 2.70. The van der Waals surface area contributed by atoms with E-state index in [4.69, 9.17) is 0 Å². The maximum Gasteiger partial charge on any atom is 0.446 e. The minimum atomic E-state index is -7.16. The monoisotopic (exact) mass is 462 g/mol. The molecule has 0 aromatic heterocycles. The van der Waals surface area contributed by atoms with E-state index in [0.29, 0.717) is 0 Å². The van der Waals surface area contributed by atoms with Crippen LogP contribution in [0.15, 0.2) is 30.3 Å². The first-order chi connectivity index (χ1) is 13.3. The average Bonchev–Trinajstić information content (AvgIpc) is 2.66. The predicted octanol–water partition coefficient (Wildman–Crippen LogP) is 4.86. The second kappa shape index (κ2) is 6.65. The Morgan fingerprint density at radius 2 is 1.27 bits per heavy atom. The molecule has 0 saturated carbocycles. The van der Waals surface area contributed by atoms with E-state index in [1.807, 2.05) is 0 Å². The summed E-state index contributed by atoms with van der Waals surface area (Å²) >= 11 is 0. The molecule has 1 aromatic carbocycles. The van der Waals surface area contributed by atoms with Gasteiger partial charge in [0.05, 0.1) is 6.04 Å². The molecule has 0 aliphatic carbocycles. The fraction of sp³-hybridized carbons (Fsp3) is 0.533. The van der Waals surface area contributed by atoms with Crippen LogP contribution in [-0.4, -0.2) is 46.7 Å². The van der Waals surface area contributed by atoms with Gasteiger partial charge in [-0.25, -0.2) is 4.39 Å². The van der Waals surface area contributed by atoms with E-state index in [2.05, 4.69) is 0 Å². The molecule has 30 heavy (non-hydrogen) atoms. The number of halogens is 12. The average molecular weight is 462 g/mol. The highest BCUT2D eigenvalue weighted by atomic mass is 19.4. The summed E-state index contributed by atoms with van der Waals surface area (Å²) in [6.07, 6.45) is -7.06. The van der Waals surface area contributed by atoms with E-state index in [0.717, 1.165) is 24.4 Å². The van der Waals surface area contributed by atoms with E-state index in [1.54, 1.807) is 0 Å². The highest BCUT2D eigenvalue weighted by molar-refractivity contribution is 5.86. The first kappa shape index (κ1) is 24.1. The molecule has 0 radical (unpaired) electrons. The number of hydrogen-bond donors (Lipinski definition) is 1. The zero-order valence-electron chi connectivity index (χ0n) is 14.4. The van der Waals surface area contributed by atoms with Crippen LogP contribution in [0.3, 0.4) is 0 Å². The van der Waals surface area contributed by atoms with E-state index in [9.17, 15) is 57.5 Å². The summed E-state index contributed by atoms with van der Waals surface area (Å²) in [5.74, 6) is -24.3. The molecule has 1 aliphatic heterocycles. The predicted molar refractivity (Wildman–Crippen MR) is 74.5 cm³/mol. The Kier molecular flexibility index (Phi) is 5.34. The van der Waals surface area contributed by atoms with Gasteiger partial charge in [-0.1, -0.05) is 30.3 Å². The highest BCUT2D eigenvalue weighted by Crippen LogP contribution is 2.66. The van der Waals surface area contributed by atoms with Gasteiger partial charge in [0.2, 0.25) is 0 Å². The number of carbonyl (C=O) groups is 1. The van der Waals surface area contributed by atoms with Crippen LogP contribution in [0.25, 0.3) is 0 Å². The van der Waals surface area contributed by atoms with E-state index < -0.39 is 52.8 Å². The normalized spacial score (nSPS) is 25.4. The van der Waals surface area contributed by atoms with Crippen molar-refractivity contribution < 1.29 is 57.5 Å². The Bertz CT molecular complexity index is 784. The first-order valence-electron chi connectivity index (χ1n) is 7.71. The number of amides is 1. The standard InChI is InChI=1S/C15H10F12N2O/c1-7(8-5-3-2-4-6-8)28-9(30)10(16,13(21,22)23)29-14(24,25)11(17,18)12(19,20)15(29,26)27/h2-7H,1H3,(H,28,30)/t7-,10-/m1/s1. The number of alkyl halides is 12. The summed E-state index contributed by atoms with van der Waals surface area (Å²) in [4.78, 5) is 8.46. The number of nitrogens with one attached hydrogen (secondary N) is 1. The molecule has 170 valence electrons. The van der Waals surface area contributed by atoms with Crippen LogP contribution in [0.5, 0.6) is 0 Å². The maximum absolute atomic E-state index is 14.7. The van der Waals surface area contributed by atoms with Crippen molar-refractivity contribution in [2.45, 2.75) is 48.9 Å². The second-order valence-corrected chi connectivity index (χ2v) is 6.29. The van der Waals surface area contributed by atoms with Gasteiger partial charge in [-0.2, -0.15) is 48.3 Å². The molecule has 0 spiro atoms. The van der Waals surface area contributed by atoms with E-state index >= 15 is 0 Å². The molecule has 1 aliphatic rings. The summed E-state index contributed by atoms with van der Waals surface area (Å²) in [5.41, 5.74) is -0.0778. The molecular formula is C15H10F12N2O. The molecule has 1 aromatic rings. The van der Waals surface area contributed by atoms with E-state index in [1.165, 1.54) is 18.2 Å². The van der Waals surface area contributed by atoms with Gasteiger partial charge < -0.3 is 5.32 Å². The number of benzene rings is 1. The Morgan fingerprint density at radius 1 is 0.867 bits per heavy atom. The van der Waals surface area contributed by atoms with Crippen molar-refractivity contribution >= 4 is 5.91 Å². The van der Waals surface area contributed by atoms with Crippen LogP contribution in [0, 0.1) is 0 Å². The molecule has 1 N–H and O–H groups in total. The molecule has 1 amide bonds. The molecule has 3 nitrogen and oxygen atoms in total. The van der Waals surface area contributed by atoms with Gasteiger partial charge in [-0.3, -0.25) is 4.79 Å². The Labute approximate surface area is 159 Å². The second-order valence-electron chi connectivity index (χ2n) is 6.29. The third kappa shape index (κ3) is 2.92. The number of nitrogens with zero attached hydrogens (tertiary/aromatic N) is 1. The smallest absolute Gasteiger partial charge is 0.345 e. The Balaban J connectivity index is 2.63. The van der Waals surface area contributed by atoms with Crippen LogP contribution in [0.4, 0.5) is 52.7 Å². The highest BCUT2D eigenvalue weighted by Gasteiger charge is 2.98. The quantitative estimate of drug-likeness (QED) is 0.512. The largest absolute Gasteiger partial charge is 0.446 e. The van der Waals surface area contributed by atoms with Crippen molar-refractivity contribution in [1.82, 2.24) is 10.2 Å². The van der Waals surface area contributed by atoms with Crippen LogP contribution < -0.4 is 5.32 Å². The lowest BCUT2D eigenvalue weighted by molar-refractivity contribution is -0.380. The van der Waals surface area contributed by atoms with E-state index in [-0.39, 0.29) is 5.56 Å². The molecule has 0 bridgehead atoms. The lowest BCUT2D eigenvalue weighted by Crippen LogP contribution is -2.72. The molecule has 15 heteroatoms.